The molecule has 2 aromatic rings. The van der Waals surface area contributed by atoms with Crippen molar-refractivity contribution in [3.05, 3.63) is 72.6 Å². The molecule has 2 fully saturated rings. The number of nitrogens with one attached hydrogen (secondary N) is 2. The number of benzene rings is 2. The zero-order chi connectivity index (χ0) is 27.0. The van der Waals surface area contributed by atoms with Crippen LogP contribution in [0.25, 0.3) is 6.08 Å². The van der Waals surface area contributed by atoms with E-state index in [0.29, 0.717) is 22.9 Å². The van der Waals surface area contributed by atoms with E-state index in [1.54, 1.807) is 6.07 Å². The van der Waals surface area contributed by atoms with Gasteiger partial charge in [0.25, 0.3) is 5.91 Å². The number of alkyl halides is 3. The lowest BCUT2D eigenvalue weighted by Crippen LogP contribution is -2.51. The monoisotopic (exact) mass is 636 g/mol. The van der Waals surface area contributed by atoms with Crippen molar-refractivity contribution in [2.75, 3.05) is 0 Å². The van der Waals surface area contributed by atoms with Crippen molar-refractivity contribution in [1.29, 1.82) is 0 Å². The first-order valence-electron chi connectivity index (χ1n) is 11.7. The summed E-state index contributed by atoms with van der Waals surface area (Å²) < 4.78 is 41.8. The third kappa shape index (κ3) is 6.64. The van der Waals surface area contributed by atoms with E-state index in [-0.39, 0.29) is 38.1 Å². The zero-order valence-electron chi connectivity index (χ0n) is 19.4. The Morgan fingerprint density at radius 1 is 1.05 bits per heavy atom. The van der Waals surface area contributed by atoms with Crippen LogP contribution in [0.5, 0.6) is 0 Å². The standard InChI is InChI=1S/C26H23BrCl3F3N2O2/c27-19-11-14(6-8-18(26(31,32)33)15-12-20(28)22(30)21(29)13-15)5-7-17(19)23(36)35-25(9-10-25)24(37)34-16-3-1-2-4-16/h5-8,11-13,16,18H,1-4,9-10H2,(H,34,37)(H,35,36). The van der Waals surface area contributed by atoms with Gasteiger partial charge in [-0.2, -0.15) is 13.2 Å². The molecule has 2 saturated carbocycles. The number of amides is 2. The highest BCUT2D eigenvalue weighted by atomic mass is 79.9. The predicted octanol–water partition coefficient (Wildman–Crippen LogP) is 8.09. The van der Waals surface area contributed by atoms with Gasteiger partial charge in [-0.3, -0.25) is 9.59 Å². The number of carbonyl (C=O) groups is 2. The fraction of sp³-hybridized carbons (Fsp3) is 0.385. The molecule has 198 valence electrons. The predicted molar refractivity (Wildman–Crippen MR) is 143 cm³/mol. The summed E-state index contributed by atoms with van der Waals surface area (Å²) in [6.07, 6.45) is 2.88. The molecule has 11 heteroatoms. The molecule has 0 spiro atoms. The molecule has 0 bridgehead atoms. The Morgan fingerprint density at radius 3 is 2.22 bits per heavy atom. The molecule has 2 aliphatic carbocycles. The maximum absolute atomic E-state index is 13.8. The molecular formula is C26H23BrCl3F3N2O2. The summed E-state index contributed by atoms with van der Waals surface area (Å²) in [4.78, 5) is 25.7. The van der Waals surface area contributed by atoms with Gasteiger partial charge in [0.05, 0.1) is 26.5 Å². The minimum absolute atomic E-state index is 0.0150. The first-order chi connectivity index (χ1) is 17.4. The lowest BCUT2D eigenvalue weighted by atomic mass is 9.97. The highest BCUT2D eigenvalue weighted by Crippen LogP contribution is 2.41. The Morgan fingerprint density at radius 2 is 1.68 bits per heavy atom. The van der Waals surface area contributed by atoms with Gasteiger partial charge < -0.3 is 10.6 Å². The van der Waals surface area contributed by atoms with Crippen molar-refractivity contribution in [3.63, 3.8) is 0 Å². The summed E-state index contributed by atoms with van der Waals surface area (Å²) in [6.45, 7) is 0. The largest absolute Gasteiger partial charge is 0.399 e. The maximum atomic E-state index is 13.8. The van der Waals surface area contributed by atoms with Gasteiger partial charge in [0.15, 0.2) is 0 Å². The van der Waals surface area contributed by atoms with E-state index in [1.807, 2.05) is 0 Å². The van der Waals surface area contributed by atoms with E-state index in [0.717, 1.165) is 43.9 Å². The Bertz CT molecular complexity index is 1220. The third-order valence-corrected chi connectivity index (χ3v) is 8.52. The van der Waals surface area contributed by atoms with Gasteiger partial charge in [0.2, 0.25) is 5.91 Å². The van der Waals surface area contributed by atoms with Crippen LogP contribution < -0.4 is 10.6 Å². The molecule has 2 aliphatic rings. The summed E-state index contributed by atoms with van der Waals surface area (Å²) >= 11 is 21.1. The Labute approximate surface area is 236 Å². The summed E-state index contributed by atoms with van der Waals surface area (Å²) in [7, 11) is 0. The second kappa shape index (κ2) is 11.2. The fourth-order valence-electron chi connectivity index (χ4n) is 4.40. The normalized spacial score (nSPS) is 18.1. The second-order valence-electron chi connectivity index (χ2n) is 9.41. The van der Waals surface area contributed by atoms with E-state index in [4.69, 9.17) is 34.8 Å². The smallest absolute Gasteiger partial charge is 0.351 e. The van der Waals surface area contributed by atoms with E-state index < -0.39 is 23.5 Å². The van der Waals surface area contributed by atoms with Crippen LogP contribution in [0.3, 0.4) is 0 Å². The van der Waals surface area contributed by atoms with Gasteiger partial charge in [-0.25, -0.2) is 0 Å². The highest BCUT2D eigenvalue weighted by molar-refractivity contribution is 9.10. The molecule has 0 aliphatic heterocycles. The van der Waals surface area contributed by atoms with Crippen molar-refractivity contribution in [2.45, 2.75) is 62.2 Å². The molecule has 1 unspecified atom stereocenters. The number of rotatable bonds is 7. The number of allylic oxidation sites excluding steroid dienone is 1. The van der Waals surface area contributed by atoms with Crippen LogP contribution in [0.15, 0.2) is 40.9 Å². The lowest BCUT2D eigenvalue weighted by molar-refractivity contribution is -0.139. The van der Waals surface area contributed by atoms with Crippen LogP contribution >= 0.6 is 50.7 Å². The van der Waals surface area contributed by atoms with Gasteiger partial charge in [-0.05, 0) is 77.0 Å². The van der Waals surface area contributed by atoms with Crippen LogP contribution in [-0.4, -0.2) is 29.6 Å². The van der Waals surface area contributed by atoms with Crippen LogP contribution in [0.1, 0.15) is 65.9 Å². The quantitative estimate of drug-likeness (QED) is 0.301. The van der Waals surface area contributed by atoms with E-state index in [9.17, 15) is 22.8 Å². The van der Waals surface area contributed by atoms with E-state index in [1.165, 1.54) is 18.2 Å². The summed E-state index contributed by atoms with van der Waals surface area (Å²) in [5, 5.41) is 5.71. The lowest BCUT2D eigenvalue weighted by Gasteiger charge is -2.20. The minimum atomic E-state index is -4.61. The van der Waals surface area contributed by atoms with Gasteiger partial charge in [0.1, 0.15) is 5.54 Å². The number of hydrogen-bond donors (Lipinski definition) is 2. The van der Waals surface area contributed by atoms with E-state index >= 15 is 0 Å². The van der Waals surface area contributed by atoms with Crippen molar-refractivity contribution in [3.8, 4) is 0 Å². The number of hydrogen-bond acceptors (Lipinski definition) is 2. The molecule has 4 rings (SSSR count). The third-order valence-electron chi connectivity index (χ3n) is 6.66. The summed E-state index contributed by atoms with van der Waals surface area (Å²) in [6, 6.07) is 7.00. The van der Waals surface area contributed by atoms with Crippen molar-refractivity contribution in [1.82, 2.24) is 10.6 Å². The average Bonchev–Trinajstić information content (AvgIpc) is 3.41. The topological polar surface area (TPSA) is 58.2 Å². The first kappa shape index (κ1) is 28.3. The zero-order valence-corrected chi connectivity index (χ0v) is 23.3. The number of halogens is 7. The van der Waals surface area contributed by atoms with Crippen LogP contribution in [0, 0.1) is 0 Å². The number of carbonyl (C=O) groups excluding carboxylic acids is 2. The molecule has 0 aromatic heterocycles. The van der Waals surface area contributed by atoms with Gasteiger partial charge in [0, 0.05) is 10.5 Å². The maximum Gasteiger partial charge on any atom is 0.399 e. The van der Waals surface area contributed by atoms with Crippen molar-refractivity contribution >= 4 is 68.6 Å². The molecular weight excluding hydrogens is 616 g/mol. The molecule has 0 radical (unpaired) electrons. The fourth-order valence-corrected chi connectivity index (χ4v) is 5.59. The molecule has 0 heterocycles. The molecule has 2 amide bonds. The molecule has 2 aromatic carbocycles. The van der Waals surface area contributed by atoms with Crippen molar-refractivity contribution in [2.24, 2.45) is 0 Å². The van der Waals surface area contributed by atoms with Crippen LogP contribution in [0.4, 0.5) is 13.2 Å². The van der Waals surface area contributed by atoms with Gasteiger partial charge >= 0.3 is 6.18 Å². The van der Waals surface area contributed by atoms with E-state index in [2.05, 4.69) is 26.6 Å². The molecule has 1 atom stereocenters. The summed E-state index contributed by atoms with van der Waals surface area (Å²) in [5.41, 5.74) is -0.341. The Balaban J connectivity index is 1.48. The second-order valence-corrected chi connectivity index (χ2v) is 11.5. The van der Waals surface area contributed by atoms with Crippen LogP contribution in [-0.2, 0) is 4.79 Å². The molecule has 0 saturated heterocycles. The Kier molecular flexibility index (Phi) is 8.53. The van der Waals surface area contributed by atoms with Gasteiger partial charge in [-0.1, -0.05) is 65.9 Å². The van der Waals surface area contributed by atoms with Crippen LogP contribution in [0.2, 0.25) is 15.1 Å². The average molecular weight is 639 g/mol. The molecule has 2 N–H and O–H groups in total. The Hall–Kier alpha value is -1.74. The first-order valence-corrected chi connectivity index (χ1v) is 13.6. The molecule has 4 nitrogen and oxygen atoms in total. The van der Waals surface area contributed by atoms with Crippen molar-refractivity contribution < 1.29 is 22.8 Å². The highest BCUT2D eigenvalue weighted by Gasteiger charge is 2.51. The molecule has 37 heavy (non-hydrogen) atoms. The summed E-state index contributed by atoms with van der Waals surface area (Å²) in [5.74, 6) is -2.57. The minimum Gasteiger partial charge on any atom is -0.351 e. The van der Waals surface area contributed by atoms with Gasteiger partial charge in [-0.15, -0.1) is 0 Å². The SMILES string of the molecule is O=C(NC1(C(=O)NC2CCCC2)CC1)c1ccc(C=CC(c2cc(Cl)c(Cl)c(Cl)c2)C(F)(F)F)cc1Br.